The number of aryl methyl sites for hydroxylation is 4. The lowest BCUT2D eigenvalue weighted by molar-refractivity contribution is -0.116. The molecule has 1 amide bonds. The molecule has 4 rings (SSSR count). The van der Waals surface area contributed by atoms with Gasteiger partial charge in [-0.3, -0.25) is 9.59 Å². The Morgan fingerprint density at radius 3 is 2.48 bits per heavy atom. The van der Waals surface area contributed by atoms with Gasteiger partial charge in [-0.05, 0) is 62.1 Å². The van der Waals surface area contributed by atoms with E-state index in [1.165, 1.54) is 5.56 Å². The highest BCUT2D eigenvalue weighted by Crippen LogP contribution is 2.38. The average Bonchev–Trinajstić information content (AvgIpc) is 3.05. The summed E-state index contributed by atoms with van der Waals surface area (Å²) in [5.74, 6) is -0.117. The Kier molecular flexibility index (Phi) is 4.82. The number of hydrogen-bond acceptors (Lipinski definition) is 3. The summed E-state index contributed by atoms with van der Waals surface area (Å²) < 4.78 is 1.74. The van der Waals surface area contributed by atoms with Crippen LogP contribution in [0.3, 0.4) is 0 Å². The van der Waals surface area contributed by atoms with E-state index in [4.69, 9.17) is 0 Å². The Bertz CT molecular complexity index is 1110. The number of hydrogen-bond donors (Lipinski definition) is 1. The van der Waals surface area contributed by atoms with Crippen molar-refractivity contribution in [1.82, 2.24) is 9.78 Å². The minimum absolute atomic E-state index is 0.0341. The molecule has 0 bridgehead atoms. The van der Waals surface area contributed by atoms with Gasteiger partial charge in [0.05, 0.1) is 17.3 Å². The maximum absolute atomic E-state index is 13.3. The molecule has 29 heavy (non-hydrogen) atoms. The Morgan fingerprint density at radius 2 is 1.83 bits per heavy atom. The maximum Gasteiger partial charge on any atom is 0.226 e. The Balaban J connectivity index is 1.78. The van der Waals surface area contributed by atoms with Crippen LogP contribution in [-0.2, 0) is 11.2 Å². The Labute approximate surface area is 170 Å². The minimum atomic E-state index is -0.524. The molecule has 1 aliphatic rings. The second-order valence-corrected chi connectivity index (χ2v) is 7.75. The summed E-state index contributed by atoms with van der Waals surface area (Å²) in [4.78, 5) is 25.8. The first-order valence-corrected chi connectivity index (χ1v) is 9.99. The minimum Gasteiger partial charge on any atom is -0.310 e. The van der Waals surface area contributed by atoms with Gasteiger partial charge in [-0.1, -0.05) is 31.2 Å². The van der Waals surface area contributed by atoms with Crippen LogP contribution in [0.15, 0.2) is 42.5 Å². The summed E-state index contributed by atoms with van der Waals surface area (Å²) in [5, 5.41) is 7.60. The SMILES string of the molecule is CCc1ccc(-n2nc(C)c3c2NC(=O)C[C@H]3C(=O)c2ccc(C)c(C)c2)cc1. The lowest BCUT2D eigenvalue weighted by atomic mass is 9.85. The number of nitrogens with one attached hydrogen (secondary N) is 1. The van der Waals surface area contributed by atoms with E-state index in [9.17, 15) is 9.59 Å². The molecule has 0 fully saturated rings. The number of anilines is 1. The molecule has 0 aliphatic carbocycles. The highest BCUT2D eigenvalue weighted by molar-refractivity contribution is 6.08. The molecule has 0 unspecified atom stereocenters. The van der Waals surface area contributed by atoms with Crippen LogP contribution in [0.1, 0.15) is 57.6 Å². The molecule has 148 valence electrons. The second kappa shape index (κ2) is 7.32. The van der Waals surface area contributed by atoms with E-state index in [-0.39, 0.29) is 18.1 Å². The highest BCUT2D eigenvalue weighted by atomic mass is 16.2. The van der Waals surface area contributed by atoms with Crippen molar-refractivity contribution in [3.05, 3.63) is 76.0 Å². The summed E-state index contributed by atoms with van der Waals surface area (Å²) in [6.45, 7) is 8.02. The summed E-state index contributed by atoms with van der Waals surface area (Å²) in [5.41, 5.74) is 6.53. The largest absolute Gasteiger partial charge is 0.310 e. The monoisotopic (exact) mass is 387 g/mol. The van der Waals surface area contributed by atoms with Crippen LogP contribution in [0.5, 0.6) is 0 Å². The fourth-order valence-corrected chi connectivity index (χ4v) is 3.93. The third-order valence-corrected chi connectivity index (χ3v) is 5.80. The zero-order chi connectivity index (χ0) is 20.7. The first-order chi connectivity index (χ1) is 13.9. The third-order valence-electron chi connectivity index (χ3n) is 5.80. The molecular formula is C24H25N3O2. The molecule has 0 radical (unpaired) electrons. The number of benzene rings is 2. The molecular weight excluding hydrogens is 362 g/mol. The van der Waals surface area contributed by atoms with Crippen molar-refractivity contribution in [1.29, 1.82) is 0 Å². The second-order valence-electron chi connectivity index (χ2n) is 7.75. The van der Waals surface area contributed by atoms with Gasteiger partial charge < -0.3 is 5.32 Å². The molecule has 5 nitrogen and oxygen atoms in total. The lowest BCUT2D eigenvalue weighted by Gasteiger charge is -2.23. The Morgan fingerprint density at radius 1 is 1.10 bits per heavy atom. The average molecular weight is 387 g/mol. The van der Waals surface area contributed by atoms with E-state index in [0.29, 0.717) is 11.4 Å². The van der Waals surface area contributed by atoms with Gasteiger partial charge in [0.1, 0.15) is 5.82 Å². The van der Waals surface area contributed by atoms with E-state index in [1.807, 2.05) is 51.1 Å². The van der Waals surface area contributed by atoms with Crippen LogP contribution in [0.2, 0.25) is 0 Å². The third kappa shape index (κ3) is 3.37. The number of amides is 1. The van der Waals surface area contributed by atoms with Crippen LogP contribution < -0.4 is 5.32 Å². The van der Waals surface area contributed by atoms with Gasteiger partial charge in [-0.25, -0.2) is 4.68 Å². The number of carbonyl (C=O) groups excluding carboxylic acids is 2. The number of rotatable bonds is 4. The van der Waals surface area contributed by atoms with Crippen molar-refractivity contribution in [2.75, 3.05) is 5.32 Å². The van der Waals surface area contributed by atoms with Crippen LogP contribution in [0, 0.1) is 20.8 Å². The van der Waals surface area contributed by atoms with Gasteiger partial charge in [0.15, 0.2) is 5.78 Å². The molecule has 0 saturated heterocycles. The van der Waals surface area contributed by atoms with E-state index in [0.717, 1.165) is 34.5 Å². The molecule has 5 heteroatoms. The van der Waals surface area contributed by atoms with E-state index >= 15 is 0 Å². The Hall–Kier alpha value is -3.21. The molecule has 0 saturated carbocycles. The molecule has 1 aromatic heterocycles. The predicted octanol–water partition coefficient (Wildman–Crippen LogP) is 4.67. The quantitative estimate of drug-likeness (QED) is 0.662. The zero-order valence-corrected chi connectivity index (χ0v) is 17.2. The molecule has 2 aromatic carbocycles. The number of aromatic nitrogens is 2. The van der Waals surface area contributed by atoms with Crippen molar-refractivity contribution < 1.29 is 9.59 Å². The van der Waals surface area contributed by atoms with Gasteiger partial charge >= 0.3 is 0 Å². The zero-order valence-electron chi connectivity index (χ0n) is 17.2. The standard InChI is InChI=1S/C24H25N3O2/c1-5-17-7-10-19(11-8-17)27-24-22(16(4)26-27)20(13-21(28)25-24)23(29)18-9-6-14(2)15(3)12-18/h6-12,20H,5,13H2,1-4H3,(H,25,28)/t20-/m1/s1. The number of ketones is 1. The summed E-state index contributed by atoms with van der Waals surface area (Å²) in [6.07, 6.45) is 1.10. The predicted molar refractivity (Wildman–Crippen MR) is 114 cm³/mol. The fourth-order valence-electron chi connectivity index (χ4n) is 3.93. The maximum atomic E-state index is 13.3. The molecule has 0 spiro atoms. The molecule has 1 aliphatic heterocycles. The number of carbonyl (C=O) groups is 2. The van der Waals surface area contributed by atoms with Crippen LogP contribution in [0.4, 0.5) is 5.82 Å². The number of nitrogens with zero attached hydrogens (tertiary/aromatic N) is 2. The van der Waals surface area contributed by atoms with Crippen molar-refractivity contribution in [2.24, 2.45) is 0 Å². The number of Topliss-reactive ketones (excluding diaryl/α,β-unsaturated/α-hetero) is 1. The number of fused-ring (bicyclic) bond motifs is 1. The summed E-state index contributed by atoms with van der Waals surface area (Å²) >= 11 is 0. The van der Waals surface area contributed by atoms with Gasteiger partial charge in [0.25, 0.3) is 0 Å². The first-order valence-electron chi connectivity index (χ1n) is 9.99. The highest BCUT2D eigenvalue weighted by Gasteiger charge is 2.36. The first kappa shape index (κ1) is 19.1. The van der Waals surface area contributed by atoms with Crippen molar-refractivity contribution in [2.45, 2.75) is 46.5 Å². The summed E-state index contributed by atoms with van der Waals surface area (Å²) in [6, 6.07) is 13.8. The van der Waals surface area contributed by atoms with Gasteiger partial charge in [-0.2, -0.15) is 5.10 Å². The van der Waals surface area contributed by atoms with Gasteiger partial charge in [0.2, 0.25) is 5.91 Å². The topological polar surface area (TPSA) is 64.0 Å². The van der Waals surface area contributed by atoms with E-state index in [2.05, 4.69) is 29.5 Å². The molecule has 3 aromatic rings. The van der Waals surface area contributed by atoms with E-state index < -0.39 is 5.92 Å². The van der Waals surface area contributed by atoms with Crippen molar-refractivity contribution in [3.63, 3.8) is 0 Å². The van der Waals surface area contributed by atoms with Crippen LogP contribution >= 0.6 is 0 Å². The van der Waals surface area contributed by atoms with Crippen LogP contribution in [0.25, 0.3) is 5.69 Å². The van der Waals surface area contributed by atoms with Crippen LogP contribution in [-0.4, -0.2) is 21.5 Å². The molecule has 1 atom stereocenters. The van der Waals surface area contributed by atoms with E-state index in [1.54, 1.807) is 4.68 Å². The van der Waals surface area contributed by atoms with Gasteiger partial charge in [-0.15, -0.1) is 0 Å². The van der Waals surface area contributed by atoms with Crippen molar-refractivity contribution >= 4 is 17.5 Å². The summed E-state index contributed by atoms with van der Waals surface area (Å²) in [7, 11) is 0. The normalized spacial score (nSPS) is 15.7. The van der Waals surface area contributed by atoms with Crippen molar-refractivity contribution in [3.8, 4) is 5.69 Å². The lowest BCUT2D eigenvalue weighted by Crippen LogP contribution is -2.28. The smallest absolute Gasteiger partial charge is 0.226 e. The molecule has 2 heterocycles. The fraction of sp³-hybridized carbons (Fsp3) is 0.292. The van der Waals surface area contributed by atoms with Gasteiger partial charge in [0, 0.05) is 17.5 Å². The molecule has 1 N–H and O–H groups in total.